The number of anilines is 1. The highest BCUT2D eigenvalue weighted by Gasteiger charge is 2.15. The van der Waals surface area contributed by atoms with Crippen molar-refractivity contribution in [1.82, 2.24) is 20.3 Å². The van der Waals surface area contributed by atoms with E-state index in [1.807, 2.05) is 0 Å². The first-order valence-electron chi connectivity index (χ1n) is 5.63. The minimum atomic E-state index is 0.253. The molecule has 0 spiro atoms. The van der Waals surface area contributed by atoms with Crippen LogP contribution in [0.4, 0.5) is 5.95 Å². The number of nitrogens with zero attached hydrogens (tertiary/aromatic N) is 3. The molecule has 1 aromatic rings. The molecule has 0 aliphatic carbocycles. The van der Waals surface area contributed by atoms with Crippen molar-refractivity contribution in [3.8, 4) is 12.0 Å². The van der Waals surface area contributed by atoms with E-state index >= 15 is 0 Å². The molecular weight excluding hydrogens is 222 g/mol. The molecular formula is C10H17N5O2. The molecule has 7 nitrogen and oxygen atoms in total. The third-order valence-electron chi connectivity index (χ3n) is 2.59. The first kappa shape index (κ1) is 11.8. The van der Waals surface area contributed by atoms with Crippen LogP contribution in [0.3, 0.4) is 0 Å². The average molecular weight is 239 g/mol. The first-order valence-corrected chi connectivity index (χ1v) is 5.63. The van der Waals surface area contributed by atoms with Gasteiger partial charge in [-0.15, -0.1) is 4.98 Å². The van der Waals surface area contributed by atoms with E-state index in [-0.39, 0.29) is 12.0 Å². The molecule has 1 fully saturated rings. The van der Waals surface area contributed by atoms with Crippen LogP contribution in [0.5, 0.6) is 12.0 Å². The van der Waals surface area contributed by atoms with Crippen molar-refractivity contribution in [2.24, 2.45) is 0 Å². The van der Waals surface area contributed by atoms with Gasteiger partial charge < -0.3 is 20.1 Å². The van der Waals surface area contributed by atoms with Gasteiger partial charge in [-0.3, -0.25) is 0 Å². The molecule has 7 heteroatoms. The Bertz CT molecular complexity index is 345. The maximum Gasteiger partial charge on any atom is 0.324 e. The second-order valence-corrected chi connectivity index (χ2v) is 3.82. The minimum Gasteiger partial charge on any atom is -0.467 e. The van der Waals surface area contributed by atoms with Crippen molar-refractivity contribution in [2.75, 3.05) is 32.6 Å². The van der Waals surface area contributed by atoms with Crippen LogP contribution in [0.1, 0.15) is 12.8 Å². The number of hydrogen-bond acceptors (Lipinski definition) is 7. The summed E-state index contributed by atoms with van der Waals surface area (Å²) >= 11 is 0. The Balaban J connectivity index is 2.07. The highest BCUT2D eigenvalue weighted by atomic mass is 16.5. The second-order valence-electron chi connectivity index (χ2n) is 3.82. The van der Waals surface area contributed by atoms with E-state index in [1.165, 1.54) is 14.2 Å². The van der Waals surface area contributed by atoms with Crippen molar-refractivity contribution >= 4 is 5.95 Å². The molecule has 2 N–H and O–H groups in total. The van der Waals surface area contributed by atoms with Gasteiger partial charge in [-0.1, -0.05) is 0 Å². The maximum absolute atomic E-state index is 4.99. The van der Waals surface area contributed by atoms with Crippen LogP contribution in [0.15, 0.2) is 0 Å². The molecule has 1 aromatic heterocycles. The molecule has 0 bridgehead atoms. The van der Waals surface area contributed by atoms with E-state index in [0.717, 1.165) is 25.9 Å². The normalized spacial score (nSPS) is 19.8. The molecule has 1 atom stereocenters. The lowest BCUT2D eigenvalue weighted by molar-refractivity contribution is 0.340. The van der Waals surface area contributed by atoms with Crippen LogP contribution in [0, 0.1) is 0 Å². The van der Waals surface area contributed by atoms with E-state index in [1.54, 1.807) is 0 Å². The Morgan fingerprint density at radius 1 is 1.18 bits per heavy atom. The monoisotopic (exact) mass is 239 g/mol. The van der Waals surface area contributed by atoms with Gasteiger partial charge in [-0.2, -0.15) is 9.97 Å². The highest BCUT2D eigenvalue weighted by molar-refractivity contribution is 5.29. The third-order valence-corrected chi connectivity index (χ3v) is 2.59. The Hall–Kier alpha value is -1.63. The summed E-state index contributed by atoms with van der Waals surface area (Å²) in [6.07, 6.45) is 2.25. The predicted molar refractivity (Wildman–Crippen MR) is 62.4 cm³/mol. The number of piperidine rings is 1. The van der Waals surface area contributed by atoms with Gasteiger partial charge >= 0.3 is 12.0 Å². The zero-order valence-electron chi connectivity index (χ0n) is 10.1. The van der Waals surface area contributed by atoms with Crippen molar-refractivity contribution in [1.29, 1.82) is 0 Å². The molecule has 17 heavy (non-hydrogen) atoms. The zero-order chi connectivity index (χ0) is 12.1. The third kappa shape index (κ3) is 3.16. The van der Waals surface area contributed by atoms with Gasteiger partial charge in [0.2, 0.25) is 5.95 Å². The van der Waals surface area contributed by atoms with E-state index in [2.05, 4.69) is 25.6 Å². The van der Waals surface area contributed by atoms with E-state index in [9.17, 15) is 0 Å². The molecule has 1 saturated heterocycles. The van der Waals surface area contributed by atoms with Crippen molar-refractivity contribution < 1.29 is 9.47 Å². The van der Waals surface area contributed by atoms with Crippen LogP contribution in [0.25, 0.3) is 0 Å². The zero-order valence-corrected chi connectivity index (χ0v) is 10.1. The van der Waals surface area contributed by atoms with Gasteiger partial charge in [-0.05, 0) is 19.4 Å². The quantitative estimate of drug-likeness (QED) is 0.768. The Morgan fingerprint density at radius 3 is 2.41 bits per heavy atom. The number of hydrogen-bond donors (Lipinski definition) is 2. The number of nitrogens with one attached hydrogen (secondary N) is 2. The Morgan fingerprint density at radius 2 is 1.88 bits per heavy atom. The smallest absolute Gasteiger partial charge is 0.324 e. The van der Waals surface area contributed by atoms with Gasteiger partial charge in [0.15, 0.2) is 0 Å². The summed E-state index contributed by atoms with van der Waals surface area (Å²) in [5.74, 6) is 0.488. The standard InChI is InChI=1S/C10H17N5O2/c1-16-9-13-8(14-10(15-9)17-2)12-7-4-3-5-11-6-7/h7,11H,3-6H2,1-2H3,(H,12,13,14,15). The van der Waals surface area contributed by atoms with E-state index < -0.39 is 0 Å². The topological polar surface area (TPSA) is 81.2 Å². The van der Waals surface area contributed by atoms with Crippen molar-refractivity contribution in [3.63, 3.8) is 0 Å². The van der Waals surface area contributed by atoms with Crippen LogP contribution in [-0.4, -0.2) is 48.3 Å². The summed E-state index contributed by atoms with van der Waals surface area (Å²) in [5, 5.41) is 6.56. The van der Waals surface area contributed by atoms with Crippen LogP contribution < -0.4 is 20.1 Å². The molecule has 2 rings (SSSR count). The molecule has 0 radical (unpaired) electrons. The Labute approximate surface area is 100.0 Å². The fourth-order valence-corrected chi connectivity index (χ4v) is 1.74. The summed E-state index contributed by atoms with van der Waals surface area (Å²) < 4.78 is 9.98. The average Bonchev–Trinajstić information content (AvgIpc) is 2.39. The van der Waals surface area contributed by atoms with Gasteiger partial charge in [-0.25, -0.2) is 0 Å². The van der Waals surface area contributed by atoms with Crippen molar-refractivity contribution in [2.45, 2.75) is 18.9 Å². The predicted octanol–water partition coefficient (Wildman–Crippen LogP) is 0.0527. The van der Waals surface area contributed by atoms with Gasteiger partial charge in [0.1, 0.15) is 0 Å². The highest BCUT2D eigenvalue weighted by Crippen LogP contribution is 2.14. The van der Waals surface area contributed by atoms with Crippen LogP contribution >= 0.6 is 0 Å². The first-order chi connectivity index (χ1) is 8.31. The maximum atomic E-state index is 4.99. The number of ether oxygens (including phenoxy) is 2. The molecule has 0 amide bonds. The summed E-state index contributed by atoms with van der Waals surface area (Å²) in [6.45, 7) is 1.98. The summed E-state index contributed by atoms with van der Waals surface area (Å²) in [4.78, 5) is 12.2. The van der Waals surface area contributed by atoms with E-state index in [4.69, 9.17) is 9.47 Å². The van der Waals surface area contributed by atoms with Crippen LogP contribution in [-0.2, 0) is 0 Å². The number of methoxy groups -OCH3 is 2. The summed E-state index contributed by atoms with van der Waals surface area (Å²) in [6, 6.07) is 0.840. The van der Waals surface area contributed by atoms with Gasteiger partial charge in [0, 0.05) is 12.6 Å². The van der Waals surface area contributed by atoms with Gasteiger partial charge in [0.05, 0.1) is 14.2 Å². The number of aromatic nitrogens is 3. The minimum absolute atomic E-state index is 0.253. The molecule has 1 aliphatic rings. The Kier molecular flexibility index (Phi) is 3.92. The van der Waals surface area contributed by atoms with Crippen LogP contribution in [0.2, 0.25) is 0 Å². The molecule has 1 unspecified atom stereocenters. The number of rotatable bonds is 4. The molecule has 2 heterocycles. The molecule has 0 saturated carbocycles. The lowest BCUT2D eigenvalue weighted by atomic mass is 10.1. The summed E-state index contributed by atoms with van der Waals surface area (Å²) in [5.41, 5.74) is 0. The van der Waals surface area contributed by atoms with E-state index in [0.29, 0.717) is 12.0 Å². The lowest BCUT2D eigenvalue weighted by Gasteiger charge is -2.23. The van der Waals surface area contributed by atoms with Gasteiger partial charge in [0.25, 0.3) is 0 Å². The summed E-state index contributed by atoms with van der Waals surface area (Å²) in [7, 11) is 3.03. The second kappa shape index (κ2) is 5.62. The lowest BCUT2D eigenvalue weighted by Crippen LogP contribution is -2.38. The fourth-order valence-electron chi connectivity index (χ4n) is 1.74. The SMILES string of the molecule is COc1nc(NC2CCCNC2)nc(OC)n1. The van der Waals surface area contributed by atoms with Crippen molar-refractivity contribution in [3.05, 3.63) is 0 Å². The largest absolute Gasteiger partial charge is 0.467 e. The molecule has 1 aliphatic heterocycles. The molecule has 0 aromatic carbocycles. The molecule has 94 valence electrons. The fraction of sp³-hybridized carbons (Fsp3) is 0.700.